The zero-order valence-corrected chi connectivity index (χ0v) is 12.9. The van der Waals surface area contributed by atoms with Crippen LogP contribution in [0.15, 0.2) is 59.1 Å². The highest BCUT2D eigenvalue weighted by molar-refractivity contribution is 9.10. The average molecular weight is 333 g/mol. The summed E-state index contributed by atoms with van der Waals surface area (Å²) >= 11 is 3.37. The summed E-state index contributed by atoms with van der Waals surface area (Å²) in [4.78, 5) is 12.5. The van der Waals surface area contributed by atoms with Gasteiger partial charge in [0.1, 0.15) is 0 Å². The summed E-state index contributed by atoms with van der Waals surface area (Å²) in [6.45, 7) is 1.92. The van der Waals surface area contributed by atoms with Crippen molar-refractivity contribution in [1.29, 1.82) is 0 Å². The van der Waals surface area contributed by atoms with Gasteiger partial charge in [-0.05, 0) is 24.1 Å². The standard InChI is InChI=1S/C17H17BrO2/c1-2-15(16(19)12-6-4-3-5-7-12)17(20)13-8-10-14(18)11-9-13/h3-11,15,17,20H,2H2,1H3/t15-,17-/m1/s1. The van der Waals surface area contributed by atoms with E-state index >= 15 is 0 Å². The molecule has 20 heavy (non-hydrogen) atoms. The van der Waals surface area contributed by atoms with E-state index in [0.717, 1.165) is 10.0 Å². The molecule has 0 aromatic heterocycles. The maximum absolute atomic E-state index is 12.5. The van der Waals surface area contributed by atoms with E-state index in [9.17, 15) is 9.90 Å². The Bertz CT molecular complexity index is 563. The maximum Gasteiger partial charge on any atom is 0.168 e. The van der Waals surface area contributed by atoms with Crippen molar-refractivity contribution in [2.24, 2.45) is 5.92 Å². The second kappa shape index (κ2) is 6.82. The highest BCUT2D eigenvalue weighted by atomic mass is 79.9. The van der Waals surface area contributed by atoms with Crippen LogP contribution in [0.3, 0.4) is 0 Å². The first-order valence-electron chi connectivity index (χ1n) is 6.66. The first-order chi connectivity index (χ1) is 9.63. The van der Waals surface area contributed by atoms with Gasteiger partial charge in [0, 0.05) is 10.0 Å². The average Bonchev–Trinajstić information content (AvgIpc) is 2.49. The number of hydrogen-bond donors (Lipinski definition) is 1. The van der Waals surface area contributed by atoms with Crippen molar-refractivity contribution >= 4 is 21.7 Å². The SMILES string of the molecule is CC[C@H](C(=O)c1ccccc1)[C@H](O)c1ccc(Br)cc1. The molecule has 0 saturated carbocycles. The minimum atomic E-state index is -0.777. The smallest absolute Gasteiger partial charge is 0.168 e. The predicted molar refractivity (Wildman–Crippen MR) is 83.7 cm³/mol. The van der Waals surface area contributed by atoms with E-state index < -0.39 is 12.0 Å². The Morgan fingerprint density at radius 3 is 2.25 bits per heavy atom. The van der Waals surface area contributed by atoms with Gasteiger partial charge in [-0.2, -0.15) is 0 Å². The van der Waals surface area contributed by atoms with Crippen molar-refractivity contribution in [1.82, 2.24) is 0 Å². The lowest BCUT2D eigenvalue weighted by Gasteiger charge is -2.21. The number of ketones is 1. The molecule has 0 aliphatic rings. The quantitative estimate of drug-likeness (QED) is 0.824. The molecule has 0 bridgehead atoms. The molecule has 104 valence electrons. The highest BCUT2D eigenvalue weighted by Gasteiger charge is 2.27. The van der Waals surface area contributed by atoms with E-state index in [-0.39, 0.29) is 5.78 Å². The normalized spacial score (nSPS) is 13.8. The van der Waals surface area contributed by atoms with Crippen LogP contribution in [-0.2, 0) is 0 Å². The molecule has 0 spiro atoms. The molecule has 2 nitrogen and oxygen atoms in total. The van der Waals surface area contributed by atoms with Gasteiger partial charge >= 0.3 is 0 Å². The fourth-order valence-electron chi connectivity index (χ4n) is 2.26. The van der Waals surface area contributed by atoms with Crippen LogP contribution in [0.25, 0.3) is 0 Å². The summed E-state index contributed by atoms with van der Waals surface area (Å²) in [5.41, 5.74) is 1.42. The van der Waals surface area contributed by atoms with Gasteiger partial charge < -0.3 is 5.11 Å². The monoisotopic (exact) mass is 332 g/mol. The van der Waals surface area contributed by atoms with Gasteiger partial charge in [0.25, 0.3) is 0 Å². The molecule has 0 aliphatic carbocycles. The van der Waals surface area contributed by atoms with Gasteiger partial charge in [0.05, 0.1) is 12.0 Å². The first-order valence-corrected chi connectivity index (χ1v) is 7.45. The molecule has 2 atom stereocenters. The number of carbonyl (C=O) groups is 1. The Hall–Kier alpha value is -1.45. The van der Waals surface area contributed by atoms with Gasteiger partial charge in [-0.3, -0.25) is 4.79 Å². The van der Waals surface area contributed by atoms with Crippen LogP contribution in [-0.4, -0.2) is 10.9 Å². The van der Waals surface area contributed by atoms with E-state index in [1.807, 2.05) is 49.4 Å². The fraction of sp³-hybridized carbons (Fsp3) is 0.235. The van der Waals surface area contributed by atoms with Crippen LogP contribution in [0.4, 0.5) is 0 Å². The molecule has 3 heteroatoms. The largest absolute Gasteiger partial charge is 0.388 e. The number of hydrogen-bond acceptors (Lipinski definition) is 2. The fourth-order valence-corrected chi connectivity index (χ4v) is 2.53. The Kier molecular flexibility index (Phi) is 5.10. The molecule has 2 aromatic rings. The number of benzene rings is 2. The second-order valence-corrected chi connectivity index (χ2v) is 5.66. The van der Waals surface area contributed by atoms with Gasteiger partial charge in [0.15, 0.2) is 5.78 Å². The van der Waals surface area contributed by atoms with Crippen LogP contribution < -0.4 is 0 Å². The molecule has 0 amide bonds. The van der Waals surface area contributed by atoms with Crippen LogP contribution in [0.1, 0.15) is 35.4 Å². The number of aliphatic hydroxyl groups is 1. The zero-order valence-electron chi connectivity index (χ0n) is 11.3. The molecular weight excluding hydrogens is 316 g/mol. The van der Waals surface area contributed by atoms with Gasteiger partial charge in [-0.25, -0.2) is 0 Å². The molecular formula is C17H17BrO2. The minimum absolute atomic E-state index is 0.0106. The predicted octanol–water partition coefficient (Wildman–Crippen LogP) is 4.39. The number of aliphatic hydroxyl groups excluding tert-OH is 1. The zero-order chi connectivity index (χ0) is 14.5. The first kappa shape index (κ1) is 14.9. The summed E-state index contributed by atoms with van der Waals surface area (Å²) in [7, 11) is 0. The van der Waals surface area contributed by atoms with Crippen molar-refractivity contribution in [3.05, 3.63) is 70.2 Å². The Morgan fingerprint density at radius 2 is 1.70 bits per heavy atom. The highest BCUT2D eigenvalue weighted by Crippen LogP contribution is 2.28. The lowest BCUT2D eigenvalue weighted by Crippen LogP contribution is -2.22. The topological polar surface area (TPSA) is 37.3 Å². The van der Waals surface area contributed by atoms with Crippen molar-refractivity contribution in [3.8, 4) is 0 Å². The Balaban J connectivity index is 2.23. The van der Waals surface area contributed by atoms with E-state index in [1.165, 1.54) is 0 Å². The molecule has 2 rings (SSSR count). The van der Waals surface area contributed by atoms with Crippen LogP contribution in [0.2, 0.25) is 0 Å². The lowest BCUT2D eigenvalue weighted by atomic mass is 9.87. The molecule has 2 aromatic carbocycles. The summed E-state index contributed by atoms with van der Waals surface area (Å²) < 4.78 is 0.955. The van der Waals surface area contributed by atoms with E-state index in [4.69, 9.17) is 0 Å². The third kappa shape index (κ3) is 3.35. The van der Waals surface area contributed by atoms with Crippen LogP contribution in [0, 0.1) is 5.92 Å². The van der Waals surface area contributed by atoms with E-state index in [0.29, 0.717) is 12.0 Å². The Labute approximate surface area is 127 Å². The molecule has 0 saturated heterocycles. The lowest BCUT2D eigenvalue weighted by molar-refractivity contribution is 0.0667. The Morgan fingerprint density at radius 1 is 1.10 bits per heavy atom. The van der Waals surface area contributed by atoms with Crippen molar-refractivity contribution in [2.45, 2.75) is 19.4 Å². The van der Waals surface area contributed by atoms with Crippen molar-refractivity contribution in [2.75, 3.05) is 0 Å². The molecule has 0 aliphatic heterocycles. The molecule has 1 N–H and O–H groups in total. The number of carbonyl (C=O) groups excluding carboxylic acids is 1. The third-order valence-electron chi connectivity index (χ3n) is 3.43. The van der Waals surface area contributed by atoms with Gasteiger partial charge in [0.2, 0.25) is 0 Å². The van der Waals surface area contributed by atoms with Gasteiger partial charge in [-0.15, -0.1) is 0 Å². The van der Waals surface area contributed by atoms with Gasteiger partial charge in [-0.1, -0.05) is 65.3 Å². The van der Waals surface area contributed by atoms with Crippen molar-refractivity contribution < 1.29 is 9.90 Å². The number of halogens is 1. The minimum Gasteiger partial charge on any atom is -0.388 e. The maximum atomic E-state index is 12.5. The number of Topliss-reactive ketones (excluding diaryl/α,β-unsaturated/α-hetero) is 1. The van der Waals surface area contributed by atoms with Crippen molar-refractivity contribution in [3.63, 3.8) is 0 Å². The summed E-state index contributed by atoms with van der Waals surface area (Å²) in [6.07, 6.45) is -0.175. The summed E-state index contributed by atoms with van der Waals surface area (Å²) in [5, 5.41) is 10.5. The molecule has 0 radical (unpaired) electrons. The van der Waals surface area contributed by atoms with E-state index in [1.54, 1.807) is 12.1 Å². The molecule has 0 unspecified atom stereocenters. The molecule has 0 heterocycles. The number of rotatable bonds is 5. The molecule has 0 fully saturated rings. The van der Waals surface area contributed by atoms with E-state index in [2.05, 4.69) is 15.9 Å². The second-order valence-electron chi connectivity index (χ2n) is 4.74. The summed E-state index contributed by atoms with van der Waals surface area (Å²) in [5.74, 6) is -0.429. The van der Waals surface area contributed by atoms with Crippen LogP contribution >= 0.6 is 15.9 Å². The third-order valence-corrected chi connectivity index (χ3v) is 3.96. The van der Waals surface area contributed by atoms with Crippen LogP contribution in [0.5, 0.6) is 0 Å². The summed E-state index contributed by atoms with van der Waals surface area (Å²) in [6, 6.07) is 16.6.